The molecule has 68 valence electrons. The molecule has 0 heterocycles. The molecule has 0 aromatic carbocycles. The number of hydrogen-bond acceptors (Lipinski definition) is 1. The fraction of sp³-hybridized carbons (Fsp3) is 0.909. The fourth-order valence-corrected chi connectivity index (χ4v) is 1.94. The molecule has 0 aromatic heterocycles. The van der Waals surface area contributed by atoms with Crippen LogP contribution in [0.2, 0.25) is 0 Å². The summed E-state index contributed by atoms with van der Waals surface area (Å²) in [7, 11) is 0. The summed E-state index contributed by atoms with van der Waals surface area (Å²) in [6.07, 6.45) is 13.3. The second-order valence-electron chi connectivity index (χ2n) is 4.30. The third-order valence-electron chi connectivity index (χ3n) is 3.03. The highest BCUT2D eigenvalue weighted by Crippen LogP contribution is 2.31. The van der Waals surface area contributed by atoms with Gasteiger partial charge in [0.25, 0.3) is 0 Å². The van der Waals surface area contributed by atoms with Crippen LogP contribution in [0.1, 0.15) is 51.4 Å². The van der Waals surface area contributed by atoms with Gasteiger partial charge in [0.15, 0.2) is 0 Å². The maximum absolute atomic E-state index is 4.64. The molecule has 0 aromatic rings. The molecule has 0 amide bonds. The molecule has 2 saturated carbocycles. The monoisotopic (exact) mass is 165 g/mol. The van der Waals surface area contributed by atoms with E-state index in [-0.39, 0.29) is 0 Å². The molecule has 1 heteroatoms. The highest BCUT2D eigenvalue weighted by Gasteiger charge is 2.19. The Morgan fingerprint density at radius 2 is 1.75 bits per heavy atom. The van der Waals surface area contributed by atoms with Crippen LogP contribution in [0.25, 0.3) is 0 Å². The van der Waals surface area contributed by atoms with Gasteiger partial charge < -0.3 is 0 Å². The molecule has 2 fully saturated rings. The highest BCUT2D eigenvalue weighted by atomic mass is 14.8. The second kappa shape index (κ2) is 4.06. The minimum Gasteiger partial charge on any atom is -0.294 e. The Morgan fingerprint density at radius 3 is 2.42 bits per heavy atom. The molecule has 0 unspecified atom stereocenters. The Labute approximate surface area is 75.3 Å². The van der Waals surface area contributed by atoms with Crippen molar-refractivity contribution in [1.29, 1.82) is 0 Å². The van der Waals surface area contributed by atoms with Gasteiger partial charge in [0.1, 0.15) is 0 Å². The smallest absolute Gasteiger partial charge is 0.0495 e. The van der Waals surface area contributed by atoms with Crippen LogP contribution in [0, 0.1) is 5.92 Å². The van der Waals surface area contributed by atoms with Crippen LogP contribution in [0.5, 0.6) is 0 Å². The zero-order chi connectivity index (χ0) is 8.23. The number of nitrogens with zero attached hydrogens (tertiary/aromatic N) is 1. The summed E-state index contributed by atoms with van der Waals surface area (Å²) >= 11 is 0. The zero-order valence-electron chi connectivity index (χ0n) is 7.84. The number of aliphatic imine (C=N–C) groups is 1. The molecular weight excluding hydrogens is 146 g/mol. The normalized spacial score (nSPS) is 26.7. The molecule has 0 N–H and O–H groups in total. The van der Waals surface area contributed by atoms with Gasteiger partial charge in [0.2, 0.25) is 0 Å². The first-order chi connectivity index (χ1) is 5.95. The van der Waals surface area contributed by atoms with E-state index in [9.17, 15) is 0 Å². The molecule has 2 rings (SSSR count). The SMILES string of the molecule is C(/CC1CC1)=N\C1CCCCC1. The van der Waals surface area contributed by atoms with Gasteiger partial charge in [-0.3, -0.25) is 4.99 Å². The van der Waals surface area contributed by atoms with Gasteiger partial charge in [0.05, 0.1) is 0 Å². The maximum atomic E-state index is 4.64. The molecule has 2 aliphatic rings. The highest BCUT2D eigenvalue weighted by molar-refractivity contribution is 5.58. The first kappa shape index (κ1) is 8.28. The first-order valence-corrected chi connectivity index (χ1v) is 5.47. The standard InChI is InChI=1S/C11H19N/c1-2-4-11(5-3-1)12-9-8-10-6-7-10/h9-11H,1-8H2/b12-9+. The van der Waals surface area contributed by atoms with Crippen molar-refractivity contribution in [2.24, 2.45) is 10.9 Å². The minimum absolute atomic E-state index is 0.692. The van der Waals surface area contributed by atoms with Crippen molar-refractivity contribution < 1.29 is 0 Å². The number of rotatable bonds is 3. The summed E-state index contributed by atoms with van der Waals surface area (Å²) in [6, 6.07) is 0.692. The van der Waals surface area contributed by atoms with Crippen LogP contribution in [-0.2, 0) is 0 Å². The lowest BCUT2D eigenvalue weighted by Crippen LogP contribution is -2.09. The lowest BCUT2D eigenvalue weighted by atomic mass is 9.96. The molecule has 0 atom stereocenters. The lowest BCUT2D eigenvalue weighted by Gasteiger charge is -2.16. The van der Waals surface area contributed by atoms with Crippen LogP contribution in [0.3, 0.4) is 0 Å². The Hall–Kier alpha value is -0.330. The van der Waals surface area contributed by atoms with Gasteiger partial charge in [-0.15, -0.1) is 0 Å². The van der Waals surface area contributed by atoms with Gasteiger partial charge in [-0.1, -0.05) is 19.3 Å². The van der Waals surface area contributed by atoms with Gasteiger partial charge in [-0.05, 0) is 44.2 Å². The first-order valence-electron chi connectivity index (χ1n) is 5.47. The topological polar surface area (TPSA) is 12.4 Å². The largest absolute Gasteiger partial charge is 0.294 e. The van der Waals surface area contributed by atoms with Crippen molar-refractivity contribution in [2.75, 3.05) is 0 Å². The third-order valence-corrected chi connectivity index (χ3v) is 3.03. The van der Waals surface area contributed by atoms with Gasteiger partial charge in [-0.2, -0.15) is 0 Å². The summed E-state index contributed by atoms with van der Waals surface area (Å²) in [4.78, 5) is 4.64. The molecule has 1 nitrogen and oxygen atoms in total. The Kier molecular flexibility index (Phi) is 2.80. The summed E-state index contributed by atoms with van der Waals surface area (Å²) in [5, 5.41) is 0. The molecule has 0 radical (unpaired) electrons. The summed E-state index contributed by atoms with van der Waals surface area (Å²) < 4.78 is 0. The van der Waals surface area contributed by atoms with Gasteiger partial charge in [-0.25, -0.2) is 0 Å². The van der Waals surface area contributed by atoms with Crippen molar-refractivity contribution in [3.63, 3.8) is 0 Å². The van der Waals surface area contributed by atoms with Crippen molar-refractivity contribution in [3.8, 4) is 0 Å². The molecule has 2 aliphatic carbocycles. The van der Waals surface area contributed by atoms with E-state index < -0.39 is 0 Å². The molecule has 0 aliphatic heterocycles. The quantitative estimate of drug-likeness (QED) is 0.569. The Morgan fingerprint density at radius 1 is 1.00 bits per heavy atom. The fourth-order valence-electron chi connectivity index (χ4n) is 1.94. The lowest BCUT2D eigenvalue weighted by molar-refractivity contribution is 0.444. The third kappa shape index (κ3) is 2.62. The zero-order valence-corrected chi connectivity index (χ0v) is 7.84. The minimum atomic E-state index is 0.692. The van der Waals surface area contributed by atoms with Gasteiger partial charge >= 0.3 is 0 Å². The summed E-state index contributed by atoms with van der Waals surface area (Å²) in [5.41, 5.74) is 0. The summed E-state index contributed by atoms with van der Waals surface area (Å²) in [5.74, 6) is 1.01. The Bertz CT molecular complexity index is 152. The van der Waals surface area contributed by atoms with E-state index in [1.54, 1.807) is 0 Å². The maximum Gasteiger partial charge on any atom is 0.0495 e. The number of hydrogen-bond donors (Lipinski definition) is 0. The average molecular weight is 165 g/mol. The second-order valence-corrected chi connectivity index (χ2v) is 4.30. The molecule has 12 heavy (non-hydrogen) atoms. The van der Waals surface area contributed by atoms with Crippen molar-refractivity contribution in [2.45, 2.75) is 57.4 Å². The van der Waals surface area contributed by atoms with Crippen LogP contribution < -0.4 is 0 Å². The molecule has 0 spiro atoms. The average Bonchev–Trinajstić information content (AvgIpc) is 2.90. The van der Waals surface area contributed by atoms with E-state index in [4.69, 9.17) is 0 Å². The molecule has 0 saturated heterocycles. The van der Waals surface area contributed by atoms with Crippen molar-refractivity contribution in [1.82, 2.24) is 0 Å². The van der Waals surface area contributed by atoms with E-state index in [1.807, 2.05) is 0 Å². The van der Waals surface area contributed by atoms with E-state index in [0.717, 1.165) is 5.92 Å². The summed E-state index contributed by atoms with van der Waals surface area (Å²) in [6.45, 7) is 0. The predicted molar refractivity (Wildman–Crippen MR) is 52.7 cm³/mol. The van der Waals surface area contributed by atoms with Crippen LogP contribution in [0.4, 0.5) is 0 Å². The van der Waals surface area contributed by atoms with Crippen LogP contribution >= 0.6 is 0 Å². The van der Waals surface area contributed by atoms with E-state index >= 15 is 0 Å². The molecular formula is C11H19N. The van der Waals surface area contributed by atoms with Crippen molar-refractivity contribution >= 4 is 6.21 Å². The predicted octanol–water partition coefficient (Wildman–Crippen LogP) is 3.19. The van der Waals surface area contributed by atoms with Gasteiger partial charge in [0, 0.05) is 6.04 Å². The van der Waals surface area contributed by atoms with E-state index in [1.165, 1.54) is 51.4 Å². The van der Waals surface area contributed by atoms with E-state index in [2.05, 4.69) is 11.2 Å². The van der Waals surface area contributed by atoms with Crippen LogP contribution in [-0.4, -0.2) is 12.3 Å². The molecule has 0 bridgehead atoms. The van der Waals surface area contributed by atoms with E-state index in [0.29, 0.717) is 6.04 Å². The van der Waals surface area contributed by atoms with Crippen molar-refractivity contribution in [3.05, 3.63) is 0 Å². The Balaban J connectivity index is 1.65. The van der Waals surface area contributed by atoms with Crippen LogP contribution in [0.15, 0.2) is 4.99 Å².